The number of phenolic OH excluding ortho intramolecular Hbond substituents is 2. The summed E-state index contributed by atoms with van der Waals surface area (Å²) in [6, 6.07) is 13.6. The Balaban J connectivity index is 1.42. The average molecular weight is 493 g/mol. The van der Waals surface area contributed by atoms with Gasteiger partial charge in [-0.2, -0.15) is 0 Å². The molecule has 4 rings (SSSR count). The van der Waals surface area contributed by atoms with Crippen molar-refractivity contribution in [3.63, 3.8) is 0 Å². The Bertz CT molecular complexity index is 1290. The molecular weight excluding hydrogens is 469 g/mol. The van der Waals surface area contributed by atoms with Crippen LogP contribution in [0.1, 0.15) is 48.6 Å². The van der Waals surface area contributed by atoms with Crippen LogP contribution in [0.15, 0.2) is 60.7 Å². The molecule has 0 amide bonds. The highest BCUT2D eigenvalue weighted by Crippen LogP contribution is 2.27. The first-order valence-electron chi connectivity index (χ1n) is 11.3. The zero-order valence-electron chi connectivity index (χ0n) is 19.1. The highest BCUT2D eigenvalue weighted by Gasteiger charge is 2.32. The summed E-state index contributed by atoms with van der Waals surface area (Å²) in [7, 11) is 0. The first kappa shape index (κ1) is 25.0. The molecule has 0 aromatic heterocycles. The number of rotatable bonds is 8. The fraction of sp³-hybridized carbons (Fsp3) is 0.222. The maximum Gasteiger partial charge on any atom is 0.338 e. The maximum atomic E-state index is 14.5. The summed E-state index contributed by atoms with van der Waals surface area (Å²) in [4.78, 5) is 38.0. The van der Waals surface area contributed by atoms with Gasteiger partial charge in [0.15, 0.2) is 11.6 Å². The largest absolute Gasteiger partial charge is 0.508 e. The van der Waals surface area contributed by atoms with E-state index < -0.39 is 41.6 Å². The lowest BCUT2D eigenvalue weighted by atomic mass is 9.95. The third kappa shape index (κ3) is 5.27. The number of hydrogen-bond donors (Lipinski definition) is 4. The van der Waals surface area contributed by atoms with E-state index in [1.165, 1.54) is 54.6 Å². The summed E-state index contributed by atoms with van der Waals surface area (Å²) in [5.41, 5.74) is -0.0290. The number of phenols is 2. The van der Waals surface area contributed by atoms with Crippen LogP contribution < -0.4 is 5.32 Å². The Morgan fingerprint density at radius 1 is 0.889 bits per heavy atom. The van der Waals surface area contributed by atoms with Gasteiger partial charge in [-0.3, -0.25) is 9.59 Å². The molecule has 0 aliphatic carbocycles. The fourth-order valence-electron chi connectivity index (χ4n) is 4.11. The van der Waals surface area contributed by atoms with Crippen LogP contribution in [0.2, 0.25) is 0 Å². The lowest BCUT2D eigenvalue weighted by molar-refractivity contribution is 0.0236. The number of ketones is 2. The number of aliphatic hydroxyl groups excluding tert-OH is 1. The summed E-state index contributed by atoms with van der Waals surface area (Å²) < 4.78 is 20.1. The fourth-order valence-corrected chi connectivity index (χ4v) is 4.11. The number of Topliss-reactive ketones (excluding diaryl/α,β-unsaturated/α-hetero) is 1. The van der Waals surface area contributed by atoms with Gasteiger partial charge in [-0.05, 0) is 42.5 Å². The van der Waals surface area contributed by atoms with Gasteiger partial charge in [0.25, 0.3) is 0 Å². The van der Waals surface area contributed by atoms with Crippen LogP contribution >= 0.6 is 0 Å². The average Bonchev–Trinajstić information content (AvgIpc) is 3.30. The molecule has 9 heteroatoms. The number of halogens is 1. The second-order valence-electron chi connectivity index (χ2n) is 8.53. The predicted octanol–water partition coefficient (Wildman–Crippen LogP) is 2.98. The molecule has 0 spiro atoms. The van der Waals surface area contributed by atoms with Crippen LogP contribution in [0.25, 0.3) is 0 Å². The molecule has 3 aromatic rings. The first-order valence-corrected chi connectivity index (χ1v) is 11.3. The number of nitrogens with one attached hydrogen (secondary N) is 1. The molecule has 4 N–H and O–H groups in total. The molecule has 1 aliphatic rings. The molecule has 1 heterocycles. The van der Waals surface area contributed by atoms with Crippen molar-refractivity contribution in [2.75, 3.05) is 13.1 Å². The number of carbonyl (C=O) groups is 3. The summed E-state index contributed by atoms with van der Waals surface area (Å²) in [5, 5.41) is 31.7. The quantitative estimate of drug-likeness (QED) is 0.278. The van der Waals surface area contributed by atoms with Crippen LogP contribution in [-0.2, 0) is 11.3 Å². The maximum absolute atomic E-state index is 14.5. The molecule has 2 atom stereocenters. The molecular formula is C27H24FNO7. The van der Waals surface area contributed by atoms with E-state index in [0.717, 1.165) is 6.07 Å². The zero-order chi connectivity index (χ0) is 25.8. The SMILES string of the molecule is O=C(CC1CNCC1OC(=O)c1ccc(C(=O)c2c(O)ccc(CO)c2F)cc1)c1ccc(O)cc1. The van der Waals surface area contributed by atoms with Crippen molar-refractivity contribution in [2.45, 2.75) is 19.1 Å². The summed E-state index contributed by atoms with van der Waals surface area (Å²) in [5.74, 6) is -3.30. The van der Waals surface area contributed by atoms with Crippen molar-refractivity contribution in [3.8, 4) is 11.5 Å². The number of aromatic hydroxyl groups is 2. The molecule has 3 aromatic carbocycles. The zero-order valence-corrected chi connectivity index (χ0v) is 19.1. The van der Waals surface area contributed by atoms with Gasteiger partial charge in [0.2, 0.25) is 0 Å². The van der Waals surface area contributed by atoms with Crippen molar-refractivity contribution in [3.05, 3.63) is 94.3 Å². The molecule has 1 aliphatic heterocycles. The third-order valence-corrected chi connectivity index (χ3v) is 6.15. The van der Waals surface area contributed by atoms with Crippen LogP contribution in [0, 0.1) is 11.7 Å². The Kier molecular flexibility index (Phi) is 7.42. The van der Waals surface area contributed by atoms with Gasteiger partial charge < -0.3 is 25.4 Å². The predicted molar refractivity (Wildman–Crippen MR) is 126 cm³/mol. The van der Waals surface area contributed by atoms with Crippen LogP contribution in [0.4, 0.5) is 4.39 Å². The number of ether oxygens (including phenoxy) is 1. The molecule has 2 unspecified atom stereocenters. The van der Waals surface area contributed by atoms with E-state index >= 15 is 0 Å². The number of esters is 1. The van der Waals surface area contributed by atoms with Gasteiger partial charge in [0.1, 0.15) is 29.0 Å². The Morgan fingerprint density at radius 3 is 2.19 bits per heavy atom. The van der Waals surface area contributed by atoms with E-state index in [1.54, 1.807) is 0 Å². The standard InChI is InChI=1S/C27H24FNO7/c28-25-18(14-30)7-10-21(32)24(25)26(34)16-1-3-17(4-2-16)27(35)36-23-13-29-12-19(23)11-22(33)15-5-8-20(31)9-6-15/h1-10,19,23,29-32H,11-14H2. The molecule has 1 fully saturated rings. The van der Waals surface area contributed by atoms with E-state index in [9.17, 15) is 34.1 Å². The monoisotopic (exact) mass is 493 g/mol. The highest BCUT2D eigenvalue weighted by atomic mass is 19.1. The topological polar surface area (TPSA) is 133 Å². The second-order valence-corrected chi connectivity index (χ2v) is 8.53. The molecule has 186 valence electrons. The summed E-state index contributed by atoms with van der Waals surface area (Å²) in [6.45, 7) is 0.251. The van der Waals surface area contributed by atoms with Gasteiger partial charge in [0.05, 0.1) is 12.2 Å². The van der Waals surface area contributed by atoms with Crippen molar-refractivity contribution in [1.29, 1.82) is 0 Å². The van der Waals surface area contributed by atoms with Crippen molar-refractivity contribution in [1.82, 2.24) is 5.32 Å². The summed E-state index contributed by atoms with van der Waals surface area (Å²) in [6.07, 6.45) is -0.377. The Morgan fingerprint density at radius 2 is 1.53 bits per heavy atom. The molecule has 36 heavy (non-hydrogen) atoms. The Hall–Kier alpha value is -4.08. The van der Waals surface area contributed by atoms with Crippen molar-refractivity contribution >= 4 is 17.5 Å². The minimum atomic E-state index is -1.01. The number of carbonyl (C=O) groups excluding carboxylic acids is 3. The first-order chi connectivity index (χ1) is 17.3. The molecule has 0 radical (unpaired) electrons. The second kappa shape index (κ2) is 10.7. The number of hydrogen-bond acceptors (Lipinski definition) is 8. The normalized spacial score (nSPS) is 17.1. The van der Waals surface area contributed by atoms with Gasteiger partial charge >= 0.3 is 5.97 Å². The van der Waals surface area contributed by atoms with Crippen LogP contribution in [-0.4, -0.2) is 52.0 Å². The van der Waals surface area contributed by atoms with Gasteiger partial charge in [0, 0.05) is 42.1 Å². The lowest BCUT2D eigenvalue weighted by Gasteiger charge is -2.19. The van der Waals surface area contributed by atoms with Crippen LogP contribution in [0.5, 0.6) is 11.5 Å². The Labute approximate surface area is 206 Å². The highest BCUT2D eigenvalue weighted by molar-refractivity contribution is 6.11. The van der Waals surface area contributed by atoms with Crippen molar-refractivity contribution < 1.29 is 38.8 Å². The van der Waals surface area contributed by atoms with E-state index in [-0.39, 0.29) is 40.6 Å². The smallest absolute Gasteiger partial charge is 0.338 e. The number of benzene rings is 3. The van der Waals surface area contributed by atoms with E-state index in [1.807, 2.05) is 0 Å². The minimum absolute atomic E-state index is 0.0377. The van der Waals surface area contributed by atoms with Crippen molar-refractivity contribution in [2.24, 2.45) is 5.92 Å². The van der Waals surface area contributed by atoms with E-state index in [0.29, 0.717) is 18.7 Å². The molecule has 0 saturated carbocycles. The molecule has 8 nitrogen and oxygen atoms in total. The van der Waals surface area contributed by atoms with Crippen LogP contribution in [0.3, 0.4) is 0 Å². The molecule has 1 saturated heterocycles. The van der Waals surface area contributed by atoms with Gasteiger partial charge in [-0.15, -0.1) is 0 Å². The number of aliphatic hydroxyl groups is 1. The third-order valence-electron chi connectivity index (χ3n) is 6.15. The summed E-state index contributed by atoms with van der Waals surface area (Å²) >= 11 is 0. The van der Waals surface area contributed by atoms with Gasteiger partial charge in [-0.25, -0.2) is 9.18 Å². The lowest BCUT2D eigenvalue weighted by Crippen LogP contribution is -2.27. The molecule has 0 bridgehead atoms. The van der Waals surface area contributed by atoms with Gasteiger partial charge in [-0.1, -0.05) is 18.2 Å². The minimum Gasteiger partial charge on any atom is -0.508 e. The van der Waals surface area contributed by atoms with E-state index in [2.05, 4.69) is 5.32 Å². The van der Waals surface area contributed by atoms with E-state index in [4.69, 9.17) is 4.74 Å².